The molecule has 0 spiro atoms. The van der Waals surface area contributed by atoms with Gasteiger partial charge in [0.1, 0.15) is 10.8 Å². The topological polar surface area (TPSA) is 88.0 Å². The summed E-state index contributed by atoms with van der Waals surface area (Å²) >= 11 is 1.54. The van der Waals surface area contributed by atoms with Crippen LogP contribution in [0.4, 0.5) is 5.82 Å². The lowest BCUT2D eigenvalue weighted by atomic mass is 10.3. The number of rotatable bonds is 4. The fourth-order valence-corrected chi connectivity index (χ4v) is 1.89. The van der Waals surface area contributed by atoms with E-state index < -0.39 is 5.97 Å². The fourth-order valence-electron chi connectivity index (χ4n) is 1.24. The van der Waals surface area contributed by atoms with Crippen LogP contribution in [0.3, 0.4) is 0 Å². The van der Waals surface area contributed by atoms with Crippen LogP contribution in [-0.2, 0) is 0 Å². The highest BCUT2D eigenvalue weighted by Gasteiger charge is 2.09. The zero-order valence-corrected chi connectivity index (χ0v) is 9.81. The maximum Gasteiger partial charge on any atom is 0.356 e. The molecular formula is C10H10N4O2S. The van der Waals surface area contributed by atoms with Gasteiger partial charge in [0.2, 0.25) is 0 Å². The summed E-state index contributed by atoms with van der Waals surface area (Å²) in [6.07, 6.45) is 4.35. The van der Waals surface area contributed by atoms with Crippen molar-refractivity contribution < 1.29 is 9.90 Å². The number of carboxylic acid groups (broad SMARTS) is 1. The Morgan fingerprint density at radius 1 is 1.41 bits per heavy atom. The van der Waals surface area contributed by atoms with E-state index in [1.807, 2.05) is 12.3 Å². The van der Waals surface area contributed by atoms with Crippen molar-refractivity contribution in [2.45, 2.75) is 13.0 Å². The summed E-state index contributed by atoms with van der Waals surface area (Å²) in [5.41, 5.74) is -0.0718. The average molecular weight is 250 g/mol. The molecule has 0 saturated heterocycles. The molecule has 2 aromatic heterocycles. The molecule has 2 aromatic rings. The summed E-state index contributed by atoms with van der Waals surface area (Å²) in [6.45, 7) is 1.95. The standard InChI is InChI=1S/C10H10N4O2S/c1-6(9-11-2-3-17-9)14-8-5-12-7(4-13-8)10(15)16/h2-6H,1H3,(H,13,14)(H,15,16). The van der Waals surface area contributed by atoms with E-state index in [2.05, 4.69) is 20.3 Å². The number of nitrogens with one attached hydrogen (secondary N) is 1. The predicted octanol–water partition coefficient (Wildman–Crippen LogP) is 1.80. The van der Waals surface area contributed by atoms with Crippen LogP contribution in [-0.4, -0.2) is 26.0 Å². The highest BCUT2D eigenvalue weighted by Crippen LogP contribution is 2.18. The molecular weight excluding hydrogens is 240 g/mol. The normalized spacial score (nSPS) is 12.1. The molecule has 2 rings (SSSR count). The molecule has 0 aliphatic heterocycles. The predicted molar refractivity (Wildman–Crippen MR) is 63.1 cm³/mol. The van der Waals surface area contributed by atoms with Gasteiger partial charge in [-0.3, -0.25) is 0 Å². The Balaban J connectivity index is 2.06. The van der Waals surface area contributed by atoms with Gasteiger partial charge >= 0.3 is 5.97 Å². The maximum absolute atomic E-state index is 10.6. The van der Waals surface area contributed by atoms with Crippen molar-refractivity contribution in [3.8, 4) is 0 Å². The first-order valence-corrected chi connectivity index (χ1v) is 5.76. The molecule has 2 N–H and O–H groups in total. The molecule has 0 aliphatic carbocycles. The number of aromatic nitrogens is 3. The van der Waals surface area contributed by atoms with Crippen LogP contribution < -0.4 is 5.32 Å². The minimum Gasteiger partial charge on any atom is -0.476 e. The summed E-state index contributed by atoms with van der Waals surface area (Å²) < 4.78 is 0. The van der Waals surface area contributed by atoms with Gasteiger partial charge in [0.25, 0.3) is 0 Å². The number of hydrogen-bond acceptors (Lipinski definition) is 6. The first-order chi connectivity index (χ1) is 8.16. The van der Waals surface area contributed by atoms with E-state index >= 15 is 0 Å². The largest absolute Gasteiger partial charge is 0.476 e. The second-order valence-corrected chi connectivity index (χ2v) is 4.25. The molecule has 0 bridgehead atoms. The van der Waals surface area contributed by atoms with E-state index in [0.717, 1.165) is 5.01 Å². The number of thiazole rings is 1. The summed E-state index contributed by atoms with van der Waals surface area (Å²) in [6, 6.07) is 0.0139. The first-order valence-electron chi connectivity index (χ1n) is 4.88. The van der Waals surface area contributed by atoms with Crippen LogP contribution in [0.1, 0.15) is 28.5 Å². The Kier molecular flexibility index (Phi) is 3.29. The van der Waals surface area contributed by atoms with Crippen molar-refractivity contribution in [1.29, 1.82) is 0 Å². The van der Waals surface area contributed by atoms with Gasteiger partial charge in [0, 0.05) is 11.6 Å². The van der Waals surface area contributed by atoms with Crippen molar-refractivity contribution in [1.82, 2.24) is 15.0 Å². The van der Waals surface area contributed by atoms with Crippen LogP contribution in [0.15, 0.2) is 24.0 Å². The Morgan fingerprint density at radius 2 is 2.24 bits per heavy atom. The average Bonchev–Trinajstić information content (AvgIpc) is 2.83. The molecule has 6 nitrogen and oxygen atoms in total. The van der Waals surface area contributed by atoms with Crippen molar-refractivity contribution in [3.05, 3.63) is 34.7 Å². The Labute approximate surface area is 101 Å². The van der Waals surface area contributed by atoms with Gasteiger partial charge in [-0.1, -0.05) is 0 Å². The van der Waals surface area contributed by atoms with Gasteiger partial charge in [-0.2, -0.15) is 0 Å². The molecule has 17 heavy (non-hydrogen) atoms. The minimum absolute atomic E-state index is 0.0139. The van der Waals surface area contributed by atoms with Crippen molar-refractivity contribution in [2.75, 3.05) is 5.32 Å². The Hall–Kier alpha value is -2.02. The molecule has 0 saturated carbocycles. The maximum atomic E-state index is 10.6. The van der Waals surface area contributed by atoms with Gasteiger partial charge in [0.15, 0.2) is 5.69 Å². The number of anilines is 1. The van der Waals surface area contributed by atoms with E-state index in [9.17, 15) is 4.79 Å². The van der Waals surface area contributed by atoms with E-state index in [1.54, 1.807) is 17.5 Å². The zero-order valence-electron chi connectivity index (χ0n) is 8.99. The van der Waals surface area contributed by atoms with Crippen LogP contribution in [0.25, 0.3) is 0 Å². The SMILES string of the molecule is CC(Nc1cnc(C(=O)O)cn1)c1nccs1. The molecule has 0 amide bonds. The lowest BCUT2D eigenvalue weighted by Gasteiger charge is -2.11. The Morgan fingerprint density at radius 3 is 2.76 bits per heavy atom. The number of hydrogen-bond donors (Lipinski definition) is 2. The summed E-state index contributed by atoms with van der Waals surface area (Å²) in [5.74, 6) is -0.560. The molecule has 0 radical (unpaired) electrons. The Bertz CT molecular complexity index is 498. The van der Waals surface area contributed by atoms with Crippen LogP contribution in [0.5, 0.6) is 0 Å². The lowest BCUT2D eigenvalue weighted by molar-refractivity contribution is 0.0690. The smallest absolute Gasteiger partial charge is 0.356 e. The fraction of sp³-hybridized carbons (Fsp3) is 0.200. The number of carboxylic acids is 1. The quantitative estimate of drug-likeness (QED) is 0.860. The number of carbonyl (C=O) groups is 1. The van der Waals surface area contributed by atoms with Crippen LogP contribution in [0, 0.1) is 0 Å². The van der Waals surface area contributed by atoms with Crippen LogP contribution >= 0.6 is 11.3 Å². The van der Waals surface area contributed by atoms with Crippen molar-refractivity contribution in [3.63, 3.8) is 0 Å². The third kappa shape index (κ3) is 2.76. The zero-order chi connectivity index (χ0) is 12.3. The third-order valence-corrected chi connectivity index (χ3v) is 3.02. The first kappa shape index (κ1) is 11.5. The van der Waals surface area contributed by atoms with Crippen LogP contribution in [0.2, 0.25) is 0 Å². The third-order valence-electron chi connectivity index (χ3n) is 2.06. The molecule has 0 aliphatic rings. The second-order valence-electron chi connectivity index (χ2n) is 3.33. The summed E-state index contributed by atoms with van der Waals surface area (Å²) in [5, 5.41) is 14.6. The van der Waals surface area contributed by atoms with Gasteiger partial charge in [-0.25, -0.2) is 19.7 Å². The van der Waals surface area contributed by atoms with Gasteiger partial charge in [0.05, 0.1) is 18.4 Å². The number of aromatic carboxylic acids is 1. The van der Waals surface area contributed by atoms with Gasteiger partial charge < -0.3 is 10.4 Å². The van der Waals surface area contributed by atoms with E-state index in [4.69, 9.17) is 5.11 Å². The summed E-state index contributed by atoms with van der Waals surface area (Å²) in [7, 11) is 0. The molecule has 1 unspecified atom stereocenters. The second kappa shape index (κ2) is 4.88. The van der Waals surface area contributed by atoms with Gasteiger partial charge in [-0.05, 0) is 6.92 Å². The van der Waals surface area contributed by atoms with E-state index in [0.29, 0.717) is 5.82 Å². The molecule has 0 aromatic carbocycles. The van der Waals surface area contributed by atoms with E-state index in [1.165, 1.54) is 12.4 Å². The minimum atomic E-state index is -1.09. The molecule has 2 heterocycles. The highest BCUT2D eigenvalue weighted by molar-refractivity contribution is 7.09. The van der Waals surface area contributed by atoms with E-state index in [-0.39, 0.29) is 11.7 Å². The monoisotopic (exact) mass is 250 g/mol. The summed E-state index contributed by atoms with van der Waals surface area (Å²) in [4.78, 5) is 22.5. The highest BCUT2D eigenvalue weighted by atomic mass is 32.1. The molecule has 0 fully saturated rings. The van der Waals surface area contributed by atoms with Crippen molar-refractivity contribution in [2.24, 2.45) is 0 Å². The lowest BCUT2D eigenvalue weighted by Crippen LogP contribution is -2.09. The van der Waals surface area contributed by atoms with Crippen molar-refractivity contribution >= 4 is 23.1 Å². The van der Waals surface area contributed by atoms with Gasteiger partial charge in [-0.15, -0.1) is 11.3 Å². The molecule has 1 atom stereocenters. The number of nitrogens with zero attached hydrogens (tertiary/aromatic N) is 3. The molecule has 88 valence electrons. The molecule has 7 heteroatoms.